The van der Waals surface area contributed by atoms with E-state index in [0.717, 1.165) is 27.7 Å². The molecule has 3 rings (SSSR count). The standard InChI is InChI=1S/C27H28FNO4/c1-4-15-33-26(32)17-22(31)16-21(30)13-14-25-27(19-9-11-20(28)12-10-19)23-7-5-6-8-24(23)29(25)18(2)3/h4-14,18,21,30H,1,15-17H2,2-3H3/b14-13+. The maximum absolute atomic E-state index is 13.6. The summed E-state index contributed by atoms with van der Waals surface area (Å²) in [5.74, 6) is -1.37. The zero-order chi connectivity index (χ0) is 24.0. The Labute approximate surface area is 192 Å². The van der Waals surface area contributed by atoms with Gasteiger partial charge in [-0.2, -0.15) is 0 Å². The maximum atomic E-state index is 13.6. The van der Waals surface area contributed by atoms with E-state index in [0.29, 0.717) is 0 Å². The van der Waals surface area contributed by atoms with Crippen molar-refractivity contribution in [2.75, 3.05) is 6.61 Å². The second-order valence-electron chi connectivity index (χ2n) is 8.07. The van der Waals surface area contributed by atoms with Gasteiger partial charge in [0.2, 0.25) is 0 Å². The molecule has 1 N–H and O–H groups in total. The van der Waals surface area contributed by atoms with Crippen LogP contribution in [0, 0.1) is 5.82 Å². The second-order valence-corrected chi connectivity index (χ2v) is 8.07. The SMILES string of the molecule is C=CCOC(=O)CC(=O)CC(O)/C=C/c1c(-c2ccc(F)cc2)c2ccccc2n1C(C)C. The highest BCUT2D eigenvalue weighted by Crippen LogP contribution is 2.38. The van der Waals surface area contributed by atoms with E-state index < -0.39 is 24.3 Å². The number of carbonyl (C=O) groups excluding carboxylic acids is 2. The molecule has 0 saturated heterocycles. The summed E-state index contributed by atoms with van der Waals surface area (Å²) in [6, 6.07) is 14.4. The van der Waals surface area contributed by atoms with Crippen molar-refractivity contribution in [3.05, 3.63) is 78.8 Å². The number of nitrogens with zero attached hydrogens (tertiary/aromatic N) is 1. The van der Waals surface area contributed by atoms with Crippen LogP contribution < -0.4 is 0 Å². The number of hydrogen-bond donors (Lipinski definition) is 1. The number of Topliss-reactive ketones (excluding diaryl/α,β-unsaturated/α-hetero) is 1. The summed E-state index contributed by atoms with van der Waals surface area (Å²) >= 11 is 0. The van der Waals surface area contributed by atoms with Crippen molar-refractivity contribution in [2.24, 2.45) is 0 Å². The van der Waals surface area contributed by atoms with Crippen molar-refractivity contribution in [1.82, 2.24) is 4.57 Å². The average Bonchev–Trinajstić information content (AvgIpc) is 3.11. The predicted molar refractivity (Wildman–Crippen MR) is 128 cm³/mol. The first-order valence-electron chi connectivity index (χ1n) is 10.8. The molecule has 0 aliphatic carbocycles. The van der Waals surface area contributed by atoms with E-state index in [-0.39, 0.29) is 24.9 Å². The van der Waals surface area contributed by atoms with E-state index in [9.17, 15) is 19.1 Å². The number of fused-ring (bicyclic) bond motifs is 1. The number of aliphatic hydroxyl groups is 1. The number of esters is 1. The molecule has 33 heavy (non-hydrogen) atoms. The summed E-state index contributed by atoms with van der Waals surface area (Å²) in [6.07, 6.45) is 3.09. The van der Waals surface area contributed by atoms with Crippen LogP contribution in [-0.2, 0) is 14.3 Å². The van der Waals surface area contributed by atoms with Gasteiger partial charge in [-0.15, -0.1) is 0 Å². The number of halogens is 1. The molecule has 2 aromatic carbocycles. The van der Waals surface area contributed by atoms with E-state index in [1.807, 2.05) is 24.3 Å². The molecule has 5 nitrogen and oxygen atoms in total. The summed E-state index contributed by atoms with van der Waals surface area (Å²) < 4.78 is 20.5. The number of aliphatic hydroxyl groups excluding tert-OH is 1. The number of ketones is 1. The highest BCUT2D eigenvalue weighted by Gasteiger charge is 2.19. The van der Waals surface area contributed by atoms with E-state index in [1.165, 1.54) is 18.2 Å². The normalized spacial score (nSPS) is 12.4. The Hall–Kier alpha value is -3.51. The number of aromatic nitrogens is 1. The number of ether oxygens (including phenoxy) is 1. The summed E-state index contributed by atoms with van der Waals surface area (Å²) in [5, 5.41) is 11.4. The Kier molecular flexibility index (Phi) is 7.96. The lowest BCUT2D eigenvalue weighted by atomic mass is 10.0. The molecule has 0 bridgehead atoms. The fraction of sp³-hybridized carbons (Fsp3) is 0.259. The molecule has 0 aliphatic heterocycles. The zero-order valence-electron chi connectivity index (χ0n) is 18.8. The van der Waals surface area contributed by atoms with Crippen molar-refractivity contribution in [3.63, 3.8) is 0 Å². The molecular weight excluding hydrogens is 421 g/mol. The topological polar surface area (TPSA) is 68.5 Å². The highest BCUT2D eigenvalue weighted by atomic mass is 19.1. The third-order valence-corrected chi connectivity index (χ3v) is 5.21. The van der Waals surface area contributed by atoms with Crippen LogP contribution >= 0.6 is 0 Å². The van der Waals surface area contributed by atoms with Crippen LogP contribution in [0.4, 0.5) is 4.39 Å². The molecule has 0 fully saturated rings. The molecule has 3 aromatic rings. The quantitative estimate of drug-likeness (QED) is 0.253. The van der Waals surface area contributed by atoms with Crippen molar-refractivity contribution in [1.29, 1.82) is 0 Å². The minimum absolute atomic E-state index is 0.0421. The molecule has 6 heteroatoms. The number of hydrogen-bond acceptors (Lipinski definition) is 4. The molecule has 1 aromatic heterocycles. The van der Waals surface area contributed by atoms with Gasteiger partial charge in [-0.3, -0.25) is 9.59 Å². The lowest BCUT2D eigenvalue weighted by Crippen LogP contribution is -2.16. The minimum atomic E-state index is -1.07. The first-order valence-corrected chi connectivity index (χ1v) is 10.8. The van der Waals surface area contributed by atoms with E-state index in [4.69, 9.17) is 4.74 Å². The average molecular weight is 450 g/mol. The highest BCUT2D eigenvalue weighted by molar-refractivity contribution is 6.01. The lowest BCUT2D eigenvalue weighted by molar-refractivity contribution is -0.145. The van der Waals surface area contributed by atoms with Crippen LogP contribution in [0.3, 0.4) is 0 Å². The van der Waals surface area contributed by atoms with Crippen LogP contribution in [0.5, 0.6) is 0 Å². The molecule has 1 heterocycles. The third kappa shape index (κ3) is 5.84. The second kappa shape index (κ2) is 10.9. The van der Waals surface area contributed by atoms with E-state index in [1.54, 1.807) is 24.3 Å². The first-order chi connectivity index (χ1) is 15.8. The summed E-state index contributed by atoms with van der Waals surface area (Å²) in [4.78, 5) is 23.7. The Bertz CT molecular complexity index is 1170. The molecular formula is C27H28FNO4. The van der Waals surface area contributed by atoms with Crippen LogP contribution in [-0.4, -0.2) is 34.1 Å². The summed E-state index contributed by atoms with van der Waals surface area (Å²) in [5.41, 5.74) is 3.63. The number of benzene rings is 2. The van der Waals surface area contributed by atoms with Gasteiger partial charge >= 0.3 is 5.97 Å². The number of para-hydroxylation sites is 1. The smallest absolute Gasteiger partial charge is 0.313 e. The van der Waals surface area contributed by atoms with Crippen molar-refractivity contribution in [3.8, 4) is 11.1 Å². The predicted octanol–water partition coefficient (Wildman–Crippen LogP) is 5.48. The molecule has 0 amide bonds. The Morgan fingerprint density at radius 3 is 2.52 bits per heavy atom. The molecule has 172 valence electrons. The molecule has 0 radical (unpaired) electrons. The molecule has 1 unspecified atom stereocenters. The largest absolute Gasteiger partial charge is 0.461 e. The summed E-state index contributed by atoms with van der Waals surface area (Å²) in [6.45, 7) is 7.62. The number of rotatable bonds is 10. The van der Waals surface area contributed by atoms with Gasteiger partial charge in [0, 0.05) is 34.6 Å². The van der Waals surface area contributed by atoms with Gasteiger partial charge in [0.05, 0.1) is 6.10 Å². The van der Waals surface area contributed by atoms with Gasteiger partial charge in [0.15, 0.2) is 0 Å². The number of carbonyl (C=O) groups is 2. The molecule has 0 saturated carbocycles. The molecule has 0 aliphatic rings. The van der Waals surface area contributed by atoms with Gasteiger partial charge in [-0.05, 0) is 43.7 Å². The summed E-state index contributed by atoms with van der Waals surface area (Å²) in [7, 11) is 0. The van der Waals surface area contributed by atoms with Gasteiger partial charge in [-0.25, -0.2) is 4.39 Å². The Balaban J connectivity index is 1.94. The van der Waals surface area contributed by atoms with Crippen molar-refractivity contribution < 1.29 is 23.8 Å². The van der Waals surface area contributed by atoms with Gasteiger partial charge in [0.1, 0.15) is 24.6 Å². The van der Waals surface area contributed by atoms with Crippen LogP contribution in [0.2, 0.25) is 0 Å². The minimum Gasteiger partial charge on any atom is -0.461 e. The van der Waals surface area contributed by atoms with Gasteiger partial charge in [-0.1, -0.05) is 49.1 Å². The van der Waals surface area contributed by atoms with Crippen LogP contribution in [0.1, 0.15) is 38.4 Å². The van der Waals surface area contributed by atoms with Gasteiger partial charge in [0.25, 0.3) is 0 Å². The van der Waals surface area contributed by atoms with Crippen LogP contribution in [0.25, 0.3) is 28.1 Å². The fourth-order valence-corrected chi connectivity index (χ4v) is 3.86. The Morgan fingerprint density at radius 2 is 1.85 bits per heavy atom. The van der Waals surface area contributed by atoms with Crippen LogP contribution in [0.15, 0.2) is 67.3 Å². The van der Waals surface area contributed by atoms with Gasteiger partial charge < -0.3 is 14.4 Å². The zero-order valence-corrected chi connectivity index (χ0v) is 18.8. The van der Waals surface area contributed by atoms with E-state index in [2.05, 4.69) is 25.0 Å². The monoisotopic (exact) mass is 449 g/mol. The Morgan fingerprint density at radius 1 is 1.15 bits per heavy atom. The molecule has 1 atom stereocenters. The van der Waals surface area contributed by atoms with Crippen molar-refractivity contribution in [2.45, 2.75) is 38.8 Å². The first kappa shape index (κ1) is 24.1. The van der Waals surface area contributed by atoms with E-state index >= 15 is 0 Å². The maximum Gasteiger partial charge on any atom is 0.313 e. The molecule has 0 spiro atoms. The third-order valence-electron chi connectivity index (χ3n) is 5.21. The van der Waals surface area contributed by atoms with Crippen molar-refractivity contribution >= 4 is 28.7 Å². The fourth-order valence-electron chi connectivity index (χ4n) is 3.86. The lowest BCUT2D eigenvalue weighted by Gasteiger charge is -2.14.